The summed E-state index contributed by atoms with van der Waals surface area (Å²) in [6.45, 7) is 2.21. The Kier molecular flexibility index (Phi) is 4.05. The van der Waals surface area contributed by atoms with E-state index in [0.29, 0.717) is 6.61 Å². The summed E-state index contributed by atoms with van der Waals surface area (Å²) in [6, 6.07) is 0. The highest BCUT2D eigenvalue weighted by molar-refractivity contribution is 7.15. The van der Waals surface area contributed by atoms with Crippen molar-refractivity contribution < 1.29 is 9.53 Å². The zero-order chi connectivity index (χ0) is 14.0. The number of hydrogen-bond donors (Lipinski definition) is 2. The molecular formula is C14H21N3O2S. The number of aromatic nitrogens is 1. The fourth-order valence-corrected chi connectivity index (χ4v) is 4.14. The second kappa shape index (κ2) is 5.79. The number of piperidine rings is 1. The number of aryl methyl sites for hydroxylation is 2. The van der Waals surface area contributed by atoms with Crippen LogP contribution in [0.1, 0.15) is 29.8 Å². The molecule has 0 aromatic carbocycles. The van der Waals surface area contributed by atoms with Crippen LogP contribution in [0.15, 0.2) is 0 Å². The SMILES string of the molecule is COCC1(C(=O)Nc2nc3c(s2)CCC3)CCNCC1. The predicted octanol–water partition coefficient (Wildman–Crippen LogP) is 1.59. The van der Waals surface area contributed by atoms with Gasteiger partial charge in [-0.25, -0.2) is 4.98 Å². The van der Waals surface area contributed by atoms with Gasteiger partial charge in [0, 0.05) is 12.0 Å². The maximum atomic E-state index is 12.7. The molecule has 1 amide bonds. The van der Waals surface area contributed by atoms with Gasteiger partial charge in [-0.1, -0.05) is 0 Å². The fourth-order valence-electron chi connectivity index (χ4n) is 3.09. The Balaban J connectivity index is 1.72. The van der Waals surface area contributed by atoms with Crippen LogP contribution in [0, 0.1) is 5.41 Å². The van der Waals surface area contributed by atoms with Crippen molar-refractivity contribution in [3.05, 3.63) is 10.6 Å². The molecule has 1 aromatic rings. The van der Waals surface area contributed by atoms with Gasteiger partial charge in [0.05, 0.1) is 17.7 Å². The van der Waals surface area contributed by atoms with Gasteiger partial charge in [0.15, 0.2) is 5.13 Å². The number of ether oxygens (including phenoxy) is 1. The Bertz CT molecular complexity index is 468. The van der Waals surface area contributed by atoms with E-state index < -0.39 is 5.41 Å². The summed E-state index contributed by atoms with van der Waals surface area (Å²) in [5.74, 6) is 0.0632. The summed E-state index contributed by atoms with van der Waals surface area (Å²) in [5.41, 5.74) is 0.771. The molecule has 2 N–H and O–H groups in total. The predicted molar refractivity (Wildman–Crippen MR) is 79.2 cm³/mol. The van der Waals surface area contributed by atoms with Crippen molar-refractivity contribution in [1.29, 1.82) is 0 Å². The molecule has 1 aromatic heterocycles. The average molecular weight is 295 g/mol. The molecule has 0 atom stereocenters. The van der Waals surface area contributed by atoms with Crippen molar-refractivity contribution in [2.75, 3.05) is 32.1 Å². The Labute approximate surface area is 123 Å². The van der Waals surface area contributed by atoms with Gasteiger partial charge in [-0.05, 0) is 45.2 Å². The van der Waals surface area contributed by atoms with Crippen LogP contribution < -0.4 is 10.6 Å². The van der Waals surface area contributed by atoms with Crippen LogP contribution in [0.25, 0.3) is 0 Å². The molecule has 110 valence electrons. The average Bonchev–Trinajstić information content (AvgIpc) is 3.01. The van der Waals surface area contributed by atoms with Gasteiger partial charge in [-0.2, -0.15) is 0 Å². The summed E-state index contributed by atoms with van der Waals surface area (Å²) in [7, 11) is 1.66. The second-order valence-corrected chi connectivity index (χ2v) is 6.74. The maximum Gasteiger partial charge on any atom is 0.234 e. The van der Waals surface area contributed by atoms with Crippen LogP contribution in [0.5, 0.6) is 0 Å². The number of carbonyl (C=O) groups is 1. The van der Waals surface area contributed by atoms with Crippen LogP contribution in [-0.2, 0) is 22.4 Å². The lowest BCUT2D eigenvalue weighted by Gasteiger charge is -2.35. The molecule has 0 radical (unpaired) electrons. The maximum absolute atomic E-state index is 12.7. The van der Waals surface area contributed by atoms with E-state index in [1.807, 2.05) is 0 Å². The standard InChI is InChI=1S/C14H21N3O2S/c1-19-9-14(5-7-15-8-6-14)12(18)17-13-16-10-3-2-4-11(10)20-13/h15H,2-9H2,1H3,(H,16,17,18). The van der Waals surface area contributed by atoms with Gasteiger partial charge < -0.3 is 15.4 Å². The highest BCUT2D eigenvalue weighted by Crippen LogP contribution is 2.34. The number of rotatable bonds is 4. The molecule has 20 heavy (non-hydrogen) atoms. The number of fused-ring (bicyclic) bond motifs is 1. The smallest absolute Gasteiger partial charge is 0.234 e. The first-order chi connectivity index (χ1) is 9.73. The Hall–Kier alpha value is -0.980. The Morgan fingerprint density at radius 1 is 1.45 bits per heavy atom. The Morgan fingerprint density at radius 2 is 2.25 bits per heavy atom. The van der Waals surface area contributed by atoms with E-state index in [1.165, 1.54) is 17.0 Å². The number of anilines is 1. The van der Waals surface area contributed by atoms with Crippen molar-refractivity contribution >= 4 is 22.4 Å². The molecule has 0 unspecified atom stereocenters. The van der Waals surface area contributed by atoms with Gasteiger partial charge in [0.1, 0.15) is 0 Å². The first-order valence-corrected chi connectivity index (χ1v) is 8.05. The first kappa shape index (κ1) is 14.0. The van der Waals surface area contributed by atoms with Crippen molar-refractivity contribution in [1.82, 2.24) is 10.3 Å². The molecular weight excluding hydrogens is 274 g/mol. The Morgan fingerprint density at radius 3 is 2.95 bits per heavy atom. The van der Waals surface area contributed by atoms with E-state index >= 15 is 0 Å². The molecule has 6 heteroatoms. The minimum absolute atomic E-state index is 0.0632. The molecule has 0 spiro atoms. The number of methoxy groups -OCH3 is 1. The third-order valence-electron chi connectivity index (χ3n) is 4.28. The quantitative estimate of drug-likeness (QED) is 0.885. The normalized spacial score (nSPS) is 20.6. The number of thiazole rings is 1. The van der Waals surface area contributed by atoms with E-state index in [2.05, 4.69) is 15.6 Å². The van der Waals surface area contributed by atoms with Gasteiger partial charge in [0.25, 0.3) is 0 Å². The fraction of sp³-hybridized carbons (Fsp3) is 0.714. The molecule has 1 aliphatic carbocycles. The van der Waals surface area contributed by atoms with Crippen molar-refractivity contribution in [2.45, 2.75) is 32.1 Å². The number of carbonyl (C=O) groups excluding carboxylic acids is 1. The topological polar surface area (TPSA) is 63.2 Å². The second-order valence-electron chi connectivity index (χ2n) is 5.66. The van der Waals surface area contributed by atoms with E-state index in [9.17, 15) is 4.79 Å². The monoisotopic (exact) mass is 295 g/mol. The zero-order valence-corrected chi connectivity index (χ0v) is 12.6. The molecule has 1 saturated heterocycles. The summed E-state index contributed by atoms with van der Waals surface area (Å²) in [6.07, 6.45) is 4.99. The number of amides is 1. The van der Waals surface area contributed by atoms with Crippen molar-refractivity contribution in [3.8, 4) is 0 Å². The summed E-state index contributed by atoms with van der Waals surface area (Å²) < 4.78 is 5.30. The van der Waals surface area contributed by atoms with E-state index in [0.717, 1.165) is 43.9 Å². The van der Waals surface area contributed by atoms with E-state index in [-0.39, 0.29) is 5.91 Å². The highest BCUT2D eigenvalue weighted by atomic mass is 32.1. The molecule has 0 bridgehead atoms. The van der Waals surface area contributed by atoms with Gasteiger partial charge in [-0.15, -0.1) is 11.3 Å². The third kappa shape index (κ3) is 2.60. The van der Waals surface area contributed by atoms with Gasteiger partial charge in [-0.3, -0.25) is 4.79 Å². The van der Waals surface area contributed by atoms with Crippen LogP contribution in [-0.4, -0.2) is 37.7 Å². The molecule has 3 rings (SSSR count). The lowest BCUT2D eigenvalue weighted by atomic mass is 9.79. The first-order valence-electron chi connectivity index (χ1n) is 7.23. The van der Waals surface area contributed by atoms with Gasteiger partial charge in [0.2, 0.25) is 5.91 Å². The van der Waals surface area contributed by atoms with Gasteiger partial charge >= 0.3 is 0 Å². The summed E-state index contributed by atoms with van der Waals surface area (Å²) >= 11 is 1.63. The summed E-state index contributed by atoms with van der Waals surface area (Å²) in [4.78, 5) is 18.5. The minimum Gasteiger partial charge on any atom is -0.384 e. The van der Waals surface area contributed by atoms with E-state index in [1.54, 1.807) is 18.4 Å². The molecule has 2 heterocycles. The third-order valence-corrected chi connectivity index (χ3v) is 5.35. The lowest BCUT2D eigenvalue weighted by molar-refractivity contribution is -0.130. The molecule has 1 aliphatic heterocycles. The van der Waals surface area contributed by atoms with Crippen molar-refractivity contribution in [3.63, 3.8) is 0 Å². The lowest BCUT2D eigenvalue weighted by Crippen LogP contribution is -2.47. The number of nitrogens with zero attached hydrogens (tertiary/aromatic N) is 1. The molecule has 1 fully saturated rings. The number of hydrogen-bond acceptors (Lipinski definition) is 5. The van der Waals surface area contributed by atoms with Crippen molar-refractivity contribution in [2.24, 2.45) is 5.41 Å². The molecule has 2 aliphatic rings. The molecule has 5 nitrogen and oxygen atoms in total. The minimum atomic E-state index is -0.407. The molecule has 0 saturated carbocycles. The van der Waals surface area contributed by atoms with Crippen LogP contribution in [0.4, 0.5) is 5.13 Å². The van der Waals surface area contributed by atoms with Crippen LogP contribution in [0.3, 0.4) is 0 Å². The zero-order valence-electron chi connectivity index (χ0n) is 11.8. The highest BCUT2D eigenvalue weighted by Gasteiger charge is 2.40. The summed E-state index contributed by atoms with van der Waals surface area (Å²) in [5, 5.41) is 7.09. The van der Waals surface area contributed by atoms with Crippen LogP contribution in [0.2, 0.25) is 0 Å². The van der Waals surface area contributed by atoms with Crippen LogP contribution >= 0.6 is 11.3 Å². The largest absolute Gasteiger partial charge is 0.384 e. The number of nitrogens with one attached hydrogen (secondary N) is 2. The van der Waals surface area contributed by atoms with E-state index in [4.69, 9.17) is 4.74 Å².